The summed E-state index contributed by atoms with van der Waals surface area (Å²) in [5.41, 5.74) is 0. The third-order valence-corrected chi connectivity index (χ3v) is 3.29. The van der Waals surface area contributed by atoms with Crippen molar-refractivity contribution in [3.05, 3.63) is 0 Å². The van der Waals surface area contributed by atoms with Gasteiger partial charge in [0, 0.05) is 11.5 Å². The second-order valence-electron chi connectivity index (χ2n) is 1.93. The van der Waals surface area contributed by atoms with Crippen LogP contribution in [0.4, 0.5) is 0 Å². The van der Waals surface area contributed by atoms with E-state index in [4.69, 9.17) is 10.2 Å². The average Bonchev–Trinajstić information content (AvgIpc) is 1.95. The van der Waals surface area contributed by atoms with Crippen LogP contribution in [0.25, 0.3) is 0 Å². The van der Waals surface area contributed by atoms with E-state index in [-0.39, 0.29) is 43.8 Å². The molecule has 7 heteroatoms. The van der Waals surface area contributed by atoms with Crippen molar-refractivity contribution in [2.45, 2.75) is 12.8 Å². The van der Waals surface area contributed by atoms with Gasteiger partial charge in [-0.2, -0.15) is 0 Å². The first-order valence-corrected chi connectivity index (χ1v) is 5.79. The van der Waals surface area contributed by atoms with E-state index >= 15 is 0 Å². The largest absolute Gasteiger partial charge is 1.00 e. The minimum absolute atomic E-state index is 0. The van der Waals surface area contributed by atoms with Crippen molar-refractivity contribution < 1.29 is 50.8 Å². The molecule has 0 fully saturated rings. The molecule has 0 spiro atoms. The van der Waals surface area contributed by atoms with E-state index in [9.17, 15) is 9.59 Å². The Morgan fingerprint density at radius 3 is 1.54 bits per heavy atom. The number of rotatable bonds is 7. The van der Waals surface area contributed by atoms with Crippen molar-refractivity contribution >= 4 is 33.5 Å². The molecule has 2 N–H and O–H groups in total. The van der Waals surface area contributed by atoms with Crippen LogP contribution in [0, 0.1) is 0 Å². The molecule has 0 unspecified atom stereocenters. The van der Waals surface area contributed by atoms with Crippen molar-refractivity contribution in [1.29, 1.82) is 0 Å². The molecule has 0 amide bonds. The number of hydrogen-bond acceptors (Lipinski definition) is 4. The summed E-state index contributed by atoms with van der Waals surface area (Å²) in [6, 6.07) is 0. The Balaban J connectivity index is -0.000000605. The molecule has 0 bridgehead atoms. The van der Waals surface area contributed by atoms with E-state index < -0.39 is 11.9 Å². The van der Waals surface area contributed by atoms with Crippen LogP contribution in [0.3, 0.4) is 0 Å². The van der Waals surface area contributed by atoms with Gasteiger partial charge < -0.3 is 11.6 Å². The minimum atomic E-state index is -0.818. The molecular formula is C6H11NaO4S2. The van der Waals surface area contributed by atoms with Crippen molar-refractivity contribution in [3.8, 4) is 0 Å². The summed E-state index contributed by atoms with van der Waals surface area (Å²) in [6.07, 6.45) is 0.259. The number of hydrogen-bond donors (Lipinski definition) is 2. The van der Waals surface area contributed by atoms with Gasteiger partial charge in [-0.15, -0.1) is 0 Å². The fourth-order valence-corrected chi connectivity index (χ4v) is 2.33. The molecule has 13 heavy (non-hydrogen) atoms. The number of carbonyl (C=O) groups is 2. The monoisotopic (exact) mass is 234 g/mol. The van der Waals surface area contributed by atoms with E-state index in [2.05, 4.69) is 0 Å². The molecular weight excluding hydrogens is 223 g/mol. The van der Waals surface area contributed by atoms with E-state index in [1.807, 2.05) is 0 Å². The smallest absolute Gasteiger partial charge is 1.00 e. The van der Waals surface area contributed by atoms with Crippen LogP contribution in [-0.2, 0) is 9.59 Å². The first-order valence-electron chi connectivity index (χ1n) is 3.31. The molecule has 0 aliphatic carbocycles. The molecule has 0 saturated carbocycles. The predicted octanol–water partition coefficient (Wildman–Crippen LogP) is -1.57. The fraction of sp³-hybridized carbons (Fsp3) is 0.667. The zero-order valence-electron chi connectivity index (χ0n) is 8.36. The average molecular weight is 234 g/mol. The minimum Gasteiger partial charge on any atom is -1.00 e. The maximum Gasteiger partial charge on any atom is 1.00 e. The maximum atomic E-state index is 10.0. The summed E-state index contributed by atoms with van der Waals surface area (Å²) in [5, 5.41) is 16.5. The summed E-state index contributed by atoms with van der Waals surface area (Å²) in [7, 11) is 2.79. The third-order valence-electron chi connectivity index (χ3n) is 0.882. The molecule has 0 aromatic carbocycles. The zero-order chi connectivity index (χ0) is 9.40. The molecule has 0 aliphatic rings. The summed E-state index contributed by atoms with van der Waals surface area (Å²) in [5.74, 6) is -0.582. The van der Waals surface area contributed by atoms with Gasteiger partial charge in [0.1, 0.15) is 0 Å². The number of aliphatic carboxylic acids is 2. The molecule has 72 valence electrons. The summed E-state index contributed by atoms with van der Waals surface area (Å²) in [6.45, 7) is 0. The number of carboxylic acids is 2. The zero-order valence-corrected chi connectivity index (χ0v) is 11.0. The van der Waals surface area contributed by atoms with E-state index in [0.717, 1.165) is 0 Å². The normalized spacial score (nSPS) is 8.92. The second-order valence-corrected chi connectivity index (χ2v) is 4.63. The first-order chi connectivity index (χ1) is 5.63. The van der Waals surface area contributed by atoms with Gasteiger partial charge in [0.15, 0.2) is 0 Å². The number of carboxylic acid groups (broad SMARTS) is 2. The quantitative estimate of drug-likeness (QED) is 0.315. The molecule has 0 radical (unpaired) electrons. The van der Waals surface area contributed by atoms with Gasteiger partial charge in [-0.1, -0.05) is 21.6 Å². The maximum absolute atomic E-state index is 10.0. The predicted molar refractivity (Wildman–Crippen MR) is 50.5 cm³/mol. The molecule has 0 aromatic heterocycles. The Morgan fingerprint density at radius 1 is 1.00 bits per heavy atom. The van der Waals surface area contributed by atoms with Gasteiger partial charge >= 0.3 is 41.5 Å². The van der Waals surface area contributed by atoms with Crippen LogP contribution in [0.2, 0.25) is 0 Å². The van der Waals surface area contributed by atoms with Crippen molar-refractivity contribution in [2.24, 2.45) is 0 Å². The van der Waals surface area contributed by atoms with E-state index in [1.54, 1.807) is 0 Å². The molecule has 0 aromatic rings. The van der Waals surface area contributed by atoms with Gasteiger partial charge in [-0.3, -0.25) is 9.59 Å². The van der Waals surface area contributed by atoms with Crippen molar-refractivity contribution in [3.63, 3.8) is 0 Å². The SMILES string of the molecule is O=C(O)CCSSCCC(=O)O.[H-].[Na+]. The van der Waals surface area contributed by atoms with Crippen LogP contribution in [0.15, 0.2) is 0 Å². The van der Waals surface area contributed by atoms with E-state index in [1.165, 1.54) is 21.6 Å². The standard InChI is InChI=1S/C6H10O4S2.Na.H/c7-5(8)1-3-11-12-4-2-6(9)10;;/h1-4H2,(H,7,8)(H,9,10);;/q;+1;-1. The van der Waals surface area contributed by atoms with Crippen LogP contribution < -0.4 is 29.6 Å². The Morgan fingerprint density at radius 2 is 1.31 bits per heavy atom. The first kappa shape index (κ1) is 16.1. The van der Waals surface area contributed by atoms with Crippen LogP contribution in [-0.4, -0.2) is 33.7 Å². The molecule has 0 atom stereocenters. The summed E-state index contributed by atoms with van der Waals surface area (Å²) < 4.78 is 0. The van der Waals surface area contributed by atoms with Gasteiger partial charge in [0.05, 0.1) is 12.8 Å². The molecule has 0 aliphatic heterocycles. The Bertz CT molecular complexity index is 152. The van der Waals surface area contributed by atoms with Crippen molar-refractivity contribution in [2.75, 3.05) is 11.5 Å². The van der Waals surface area contributed by atoms with Gasteiger partial charge in [-0.25, -0.2) is 0 Å². The van der Waals surface area contributed by atoms with Crippen molar-refractivity contribution in [1.82, 2.24) is 0 Å². The topological polar surface area (TPSA) is 74.6 Å². The summed E-state index contributed by atoms with van der Waals surface area (Å²) >= 11 is 0. The molecule has 4 nitrogen and oxygen atoms in total. The molecule has 0 rings (SSSR count). The third kappa shape index (κ3) is 15.4. The van der Waals surface area contributed by atoms with Crippen LogP contribution >= 0.6 is 21.6 Å². The summed E-state index contributed by atoms with van der Waals surface area (Å²) in [4.78, 5) is 20.0. The molecule has 0 heterocycles. The van der Waals surface area contributed by atoms with Gasteiger partial charge in [0.25, 0.3) is 0 Å². The Hall–Kier alpha value is 0.640. The fourth-order valence-electron chi connectivity index (χ4n) is 0.376. The molecule has 0 saturated heterocycles. The van der Waals surface area contributed by atoms with Crippen LogP contribution in [0.5, 0.6) is 0 Å². The second kappa shape index (κ2) is 10.7. The van der Waals surface area contributed by atoms with Gasteiger partial charge in [-0.05, 0) is 0 Å². The Kier molecular flexibility index (Phi) is 13.3. The van der Waals surface area contributed by atoms with E-state index in [0.29, 0.717) is 11.5 Å². The Labute approximate surface area is 108 Å². The van der Waals surface area contributed by atoms with Crippen LogP contribution in [0.1, 0.15) is 14.3 Å². The van der Waals surface area contributed by atoms with Gasteiger partial charge in [0.2, 0.25) is 0 Å².